The molecule has 0 spiro atoms. The zero-order valence-electron chi connectivity index (χ0n) is 23.5. The Bertz CT molecular complexity index is 1080. The van der Waals surface area contributed by atoms with E-state index in [1.54, 1.807) is 19.1 Å². The Labute approximate surface area is 231 Å². The van der Waals surface area contributed by atoms with E-state index < -0.39 is 18.2 Å². The molecule has 0 radical (unpaired) electrons. The first-order valence-corrected chi connectivity index (χ1v) is 13.8. The number of carbonyl (C=O) groups excluding carboxylic acids is 1. The number of benzene rings is 2. The van der Waals surface area contributed by atoms with Crippen molar-refractivity contribution in [1.29, 1.82) is 0 Å². The Morgan fingerprint density at radius 3 is 2.62 bits per heavy atom. The monoisotopic (exact) mass is 541 g/mol. The summed E-state index contributed by atoms with van der Waals surface area (Å²) in [7, 11) is 3.34. The third-order valence-corrected chi connectivity index (χ3v) is 7.66. The molecule has 0 saturated carbocycles. The number of methoxy groups -OCH3 is 2. The van der Waals surface area contributed by atoms with Crippen LogP contribution in [-0.2, 0) is 20.9 Å². The van der Waals surface area contributed by atoms with Crippen LogP contribution in [0.4, 0.5) is 5.69 Å². The van der Waals surface area contributed by atoms with Gasteiger partial charge in [-0.3, -0.25) is 4.79 Å². The molecule has 9 nitrogen and oxygen atoms in total. The van der Waals surface area contributed by atoms with Gasteiger partial charge in [-0.25, -0.2) is 0 Å². The SMILES string of the molecule is COCCCN1CCOc2ccc(CO[C@H]3CN(C(=O)[C@@H](N)C(C)C)C[C@@H](O)C3c3ccc(OC)cc3)cc21. The number of anilines is 1. The Morgan fingerprint density at radius 1 is 1.15 bits per heavy atom. The average molecular weight is 542 g/mol. The fraction of sp³-hybridized carbons (Fsp3) is 0.567. The standard InChI is InChI=1S/C30H43N3O6/c1-20(2)29(31)30(35)33-17-25(34)28(22-7-9-23(37-4)10-8-22)27(18-33)39-19-21-6-11-26-24(16-21)32(13-15-38-26)12-5-14-36-3/h6-11,16,20,25,27-29,34H,5,12-15,17-19,31H2,1-4H3/t25-,27+,28?,29+/m1/s1. The summed E-state index contributed by atoms with van der Waals surface area (Å²) in [6, 6.07) is 13.2. The van der Waals surface area contributed by atoms with Gasteiger partial charge in [0, 0.05) is 39.3 Å². The zero-order valence-corrected chi connectivity index (χ0v) is 23.5. The number of carbonyl (C=O) groups is 1. The van der Waals surface area contributed by atoms with Crippen molar-refractivity contribution in [3.05, 3.63) is 53.6 Å². The van der Waals surface area contributed by atoms with Crippen molar-refractivity contribution in [2.24, 2.45) is 11.7 Å². The van der Waals surface area contributed by atoms with Gasteiger partial charge in [-0.05, 0) is 47.7 Å². The first-order chi connectivity index (χ1) is 18.8. The minimum absolute atomic E-state index is 0.00197. The number of nitrogens with zero attached hydrogens (tertiary/aromatic N) is 2. The maximum atomic E-state index is 13.1. The van der Waals surface area contributed by atoms with Crippen LogP contribution in [0.25, 0.3) is 0 Å². The molecular weight excluding hydrogens is 498 g/mol. The van der Waals surface area contributed by atoms with Crippen LogP contribution in [0.1, 0.15) is 37.3 Å². The molecule has 1 saturated heterocycles. The van der Waals surface area contributed by atoms with Crippen LogP contribution < -0.4 is 20.1 Å². The average Bonchev–Trinajstić information content (AvgIpc) is 2.95. The van der Waals surface area contributed by atoms with Crippen LogP contribution in [0.15, 0.2) is 42.5 Å². The minimum atomic E-state index is -0.798. The number of amides is 1. The van der Waals surface area contributed by atoms with Crippen molar-refractivity contribution in [1.82, 2.24) is 4.90 Å². The van der Waals surface area contributed by atoms with Gasteiger partial charge in [-0.15, -0.1) is 0 Å². The van der Waals surface area contributed by atoms with Crippen LogP contribution in [-0.4, -0.2) is 87.8 Å². The highest BCUT2D eigenvalue weighted by molar-refractivity contribution is 5.82. The number of aliphatic hydroxyl groups excluding tert-OH is 1. The van der Waals surface area contributed by atoms with Gasteiger partial charge >= 0.3 is 0 Å². The number of hydrogen-bond donors (Lipinski definition) is 2. The summed E-state index contributed by atoms with van der Waals surface area (Å²) in [5, 5.41) is 11.3. The second-order valence-corrected chi connectivity index (χ2v) is 10.7. The van der Waals surface area contributed by atoms with Crippen molar-refractivity contribution >= 4 is 11.6 Å². The quantitative estimate of drug-likeness (QED) is 0.419. The Morgan fingerprint density at radius 2 is 1.92 bits per heavy atom. The van der Waals surface area contributed by atoms with Gasteiger partial charge in [0.2, 0.25) is 5.91 Å². The Kier molecular flexibility index (Phi) is 10.1. The summed E-state index contributed by atoms with van der Waals surface area (Å²) in [5.74, 6) is 1.14. The summed E-state index contributed by atoms with van der Waals surface area (Å²) in [4.78, 5) is 17.1. The second kappa shape index (κ2) is 13.5. The highest BCUT2D eigenvalue weighted by Crippen LogP contribution is 2.35. The predicted molar refractivity (Wildman–Crippen MR) is 150 cm³/mol. The van der Waals surface area contributed by atoms with E-state index >= 15 is 0 Å². The number of fused-ring (bicyclic) bond motifs is 1. The highest BCUT2D eigenvalue weighted by atomic mass is 16.5. The molecule has 2 heterocycles. The number of nitrogens with two attached hydrogens (primary N) is 1. The van der Waals surface area contributed by atoms with E-state index in [2.05, 4.69) is 11.0 Å². The Hall–Kier alpha value is -2.85. The summed E-state index contributed by atoms with van der Waals surface area (Å²) in [6.07, 6.45) is -0.285. The molecule has 1 fully saturated rings. The lowest BCUT2D eigenvalue weighted by molar-refractivity contribution is -0.144. The number of ether oxygens (including phenoxy) is 4. The number of piperidine rings is 1. The van der Waals surface area contributed by atoms with E-state index in [1.807, 2.05) is 50.2 Å². The molecule has 4 rings (SSSR count). The molecule has 0 aliphatic carbocycles. The van der Waals surface area contributed by atoms with Gasteiger partial charge in [0.25, 0.3) is 0 Å². The van der Waals surface area contributed by atoms with E-state index in [1.165, 1.54) is 0 Å². The molecule has 3 N–H and O–H groups in total. The largest absolute Gasteiger partial charge is 0.497 e. The fourth-order valence-electron chi connectivity index (χ4n) is 5.33. The van der Waals surface area contributed by atoms with Crippen molar-refractivity contribution < 1.29 is 28.8 Å². The molecule has 1 unspecified atom stereocenters. The van der Waals surface area contributed by atoms with Crippen molar-refractivity contribution in [3.8, 4) is 11.5 Å². The van der Waals surface area contributed by atoms with E-state index in [0.717, 1.165) is 47.8 Å². The number of aliphatic hydroxyl groups is 1. The third kappa shape index (κ3) is 7.03. The van der Waals surface area contributed by atoms with E-state index in [-0.39, 0.29) is 24.3 Å². The number of hydrogen-bond acceptors (Lipinski definition) is 8. The van der Waals surface area contributed by atoms with E-state index in [0.29, 0.717) is 26.4 Å². The van der Waals surface area contributed by atoms with Gasteiger partial charge in [0.1, 0.15) is 18.1 Å². The van der Waals surface area contributed by atoms with Crippen LogP contribution in [0.2, 0.25) is 0 Å². The lowest BCUT2D eigenvalue weighted by Crippen LogP contribution is -2.57. The lowest BCUT2D eigenvalue weighted by atomic mass is 9.84. The fourth-order valence-corrected chi connectivity index (χ4v) is 5.33. The smallest absolute Gasteiger partial charge is 0.239 e. The number of likely N-dealkylation sites (tertiary alicyclic amines) is 1. The molecule has 214 valence electrons. The normalized spacial score (nSPS) is 21.9. The zero-order chi connectivity index (χ0) is 27.9. The number of β-amino-alcohol motifs (C(OH)–C–C–N with tert-alkyl or cyclic N) is 1. The van der Waals surface area contributed by atoms with Crippen molar-refractivity contribution in [3.63, 3.8) is 0 Å². The molecule has 2 aromatic carbocycles. The predicted octanol–water partition coefficient (Wildman–Crippen LogP) is 2.79. The number of rotatable bonds is 11. The van der Waals surface area contributed by atoms with Crippen LogP contribution in [0.3, 0.4) is 0 Å². The highest BCUT2D eigenvalue weighted by Gasteiger charge is 2.40. The molecule has 2 aliphatic heterocycles. The van der Waals surface area contributed by atoms with Crippen LogP contribution in [0.5, 0.6) is 11.5 Å². The third-order valence-electron chi connectivity index (χ3n) is 7.66. The molecule has 0 bridgehead atoms. The molecule has 2 aliphatic rings. The Balaban J connectivity index is 1.54. The van der Waals surface area contributed by atoms with Gasteiger partial charge in [0.15, 0.2) is 0 Å². The maximum absolute atomic E-state index is 13.1. The van der Waals surface area contributed by atoms with Gasteiger partial charge in [-0.1, -0.05) is 32.0 Å². The minimum Gasteiger partial charge on any atom is -0.497 e. The first-order valence-electron chi connectivity index (χ1n) is 13.8. The van der Waals surface area contributed by atoms with Crippen molar-refractivity contribution in [2.45, 2.75) is 51.0 Å². The molecule has 2 aromatic rings. The molecular formula is C30H43N3O6. The molecule has 4 atom stereocenters. The second-order valence-electron chi connectivity index (χ2n) is 10.7. The van der Waals surface area contributed by atoms with E-state index in [9.17, 15) is 9.90 Å². The van der Waals surface area contributed by atoms with Gasteiger partial charge in [-0.2, -0.15) is 0 Å². The lowest BCUT2D eigenvalue weighted by Gasteiger charge is -2.43. The first kappa shape index (κ1) is 29.1. The summed E-state index contributed by atoms with van der Waals surface area (Å²) in [6.45, 7) is 7.82. The molecule has 0 aromatic heterocycles. The van der Waals surface area contributed by atoms with Gasteiger partial charge in [0.05, 0.1) is 44.2 Å². The van der Waals surface area contributed by atoms with E-state index in [4.69, 9.17) is 24.7 Å². The maximum Gasteiger partial charge on any atom is 0.239 e. The van der Waals surface area contributed by atoms with Gasteiger partial charge < -0.3 is 39.6 Å². The van der Waals surface area contributed by atoms with Crippen LogP contribution in [0, 0.1) is 5.92 Å². The summed E-state index contributed by atoms with van der Waals surface area (Å²) < 4.78 is 22.9. The summed E-state index contributed by atoms with van der Waals surface area (Å²) >= 11 is 0. The molecule has 1 amide bonds. The summed E-state index contributed by atoms with van der Waals surface area (Å²) in [5.41, 5.74) is 9.19. The topological polar surface area (TPSA) is 107 Å². The molecule has 9 heteroatoms. The van der Waals surface area contributed by atoms with Crippen LogP contribution >= 0.6 is 0 Å². The van der Waals surface area contributed by atoms with Crippen molar-refractivity contribution in [2.75, 3.05) is 58.5 Å². The molecule has 39 heavy (non-hydrogen) atoms.